The molecule has 1 aromatic carbocycles. The quantitative estimate of drug-likeness (QED) is 0.841. The maximum absolute atomic E-state index is 12.1. The zero-order chi connectivity index (χ0) is 13.0. The van der Waals surface area contributed by atoms with Crippen molar-refractivity contribution >= 4 is 0 Å². The molecule has 2 rings (SSSR count). The minimum absolute atomic E-state index is 0.239. The molecular formula is C12H11F3N2O. The van der Waals surface area contributed by atoms with Crippen molar-refractivity contribution in [3.05, 3.63) is 48.5 Å². The molecule has 0 bridgehead atoms. The Morgan fingerprint density at radius 2 is 2.00 bits per heavy atom. The number of aromatic nitrogens is 2. The molecular weight excluding hydrogens is 245 g/mol. The average Bonchev–Trinajstić information content (AvgIpc) is 2.80. The Hall–Kier alpha value is -1.98. The van der Waals surface area contributed by atoms with Gasteiger partial charge in [-0.1, -0.05) is 18.2 Å². The molecule has 0 N–H and O–H groups in total. The lowest BCUT2D eigenvalue weighted by molar-refractivity contribution is -0.153. The average molecular weight is 256 g/mol. The van der Waals surface area contributed by atoms with E-state index in [2.05, 4.69) is 4.98 Å². The number of nitrogens with zero attached hydrogens (tertiary/aromatic N) is 2. The highest BCUT2D eigenvalue weighted by Crippen LogP contribution is 2.22. The first-order valence-corrected chi connectivity index (χ1v) is 5.28. The van der Waals surface area contributed by atoms with Crippen LogP contribution >= 0.6 is 0 Å². The normalized spacial score (nSPS) is 11.5. The van der Waals surface area contributed by atoms with E-state index in [4.69, 9.17) is 4.74 Å². The van der Waals surface area contributed by atoms with Crippen LogP contribution in [0.15, 0.2) is 43.0 Å². The van der Waals surface area contributed by atoms with E-state index in [1.807, 2.05) is 0 Å². The fourth-order valence-corrected chi connectivity index (χ4v) is 1.51. The van der Waals surface area contributed by atoms with E-state index in [1.165, 1.54) is 6.07 Å². The largest absolute Gasteiger partial charge is 0.484 e. The fourth-order valence-electron chi connectivity index (χ4n) is 1.51. The zero-order valence-corrected chi connectivity index (χ0v) is 9.39. The first-order valence-electron chi connectivity index (χ1n) is 5.28. The van der Waals surface area contributed by atoms with Gasteiger partial charge in [-0.05, 0) is 6.07 Å². The van der Waals surface area contributed by atoms with E-state index in [1.54, 1.807) is 41.5 Å². The molecule has 6 heteroatoms. The maximum atomic E-state index is 12.1. The number of alkyl halides is 3. The molecule has 0 aliphatic carbocycles. The first-order chi connectivity index (χ1) is 8.54. The van der Waals surface area contributed by atoms with Gasteiger partial charge in [0.2, 0.25) is 0 Å². The first kappa shape index (κ1) is 12.5. The van der Waals surface area contributed by atoms with E-state index in [-0.39, 0.29) is 5.75 Å². The lowest BCUT2D eigenvalue weighted by atomic mass is 10.2. The van der Waals surface area contributed by atoms with Crippen molar-refractivity contribution < 1.29 is 17.9 Å². The lowest BCUT2D eigenvalue weighted by Gasteiger charge is -2.13. The van der Waals surface area contributed by atoms with Gasteiger partial charge in [-0.3, -0.25) is 0 Å². The number of ether oxygens (including phenoxy) is 1. The molecule has 0 amide bonds. The van der Waals surface area contributed by atoms with Crippen molar-refractivity contribution in [1.29, 1.82) is 0 Å². The van der Waals surface area contributed by atoms with Gasteiger partial charge in [0.1, 0.15) is 5.75 Å². The van der Waals surface area contributed by atoms with Crippen LogP contribution in [0.1, 0.15) is 5.56 Å². The van der Waals surface area contributed by atoms with Crippen molar-refractivity contribution in [3.8, 4) is 5.75 Å². The topological polar surface area (TPSA) is 27.1 Å². The van der Waals surface area contributed by atoms with Gasteiger partial charge in [0.25, 0.3) is 0 Å². The van der Waals surface area contributed by atoms with Gasteiger partial charge < -0.3 is 9.30 Å². The second-order valence-electron chi connectivity index (χ2n) is 3.75. The van der Waals surface area contributed by atoms with Gasteiger partial charge in [-0.15, -0.1) is 0 Å². The van der Waals surface area contributed by atoms with E-state index in [0.29, 0.717) is 12.1 Å². The SMILES string of the molecule is FC(F)(F)COc1ccccc1Cn1ccnc1. The standard InChI is InChI=1S/C12H11F3N2O/c13-12(14,15)8-18-11-4-2-1-3-10(11)7-17-6-5-16-9-17/h1-6,9H,7-8H2. The molecule has 0 saturated heterocycles. The molecule has 0 saturated carbocycles. The smallest absolute Gasteiger partial charge is 0.422 e. The molecule has 3 nitrogen and oxygen atoms in total. The van der Waals surface area contributed by atoms with E-state index >= 15 is 0 Å². The van der Waals surface area contributed by atoms with Crippen LogP contribution in [0.4, 0.5) is 13.2 Å². The molecule has 0 aliphatic heterocycles. The highest BCUT2D eigenvalue weighted by molar-refractivity contribution is 5.33. The van der Waals surface area contributed by atoms with Crippen molar-refractivity contribution in [2.24, 2.45) is 0 Å². The second-order valence-corrected chi connectivity index (χ2v) is 3.75. The van der Waals surface area contributed by atoms with Crippen molar-refractivity contribution in [3.63, 3.8) is 0 Å². The maximum Gasteiger partial charge on any atom is 0.422 e. The Morgan fingerprint density at radius 1 is 1.22 bits per heavy atom. The fraction of sp³-hybridized carbons (Fsp3) is 0.250. The molecule has 0 unspecified atom stereocenters. The van der Waals surface area contributed by atoms with E-state index in [0.717, 1.165) is 0 Å². The third-order valence-electron chi connectivity index (χ3n) is 2.28. The number of hydrogen-bond acceptors (Lipinski definition) is 2. The van der Waals surface area contributed by atoms with Crippen LogP contribution in [0.3, 0.4) is 0 Å². The summed E-state index contributed by atoms with van der Waals surface area (Å²) in [4.78, 5) is 3.88. The Balaban J connectivity index is 2.10. The summed E-state index contributed by atoms with van der Waals surface area (Å²) in [7, 11) is 0. The molecule has 0 aliphatic rings. The number of imidazole rings is 1. The molecule has 1 heterocycles. The van der Waals surface area contributed by atoms with E-state index < -0.39 is 12.8 Å². The van der Waals surface area contributed by atoms with Gasteiger partial charge in [-0.2, -0.15) is 13.2 Å². The van der Waals surface area contributed by atoms with Crippen LogP contribution in [0.5, 0.6) is 5.75 Å². The highest BCUT2D eigenvalue weighted by atomic mass is 19.4. The molecule has 0 fully saturated rings. The van der Waals surface area contributed by atoms with Crippen LogP contribution < -0.4 is 4.74 Å². The Kier molecular flexibility index (Phi) is 3.55. The van der Waals surface area contributed by atoms with Crippen LogP contribution in [-0.4, -0.2) is 22.3 Å². The monoisotopic (exact) mass is 256 g/mol. The predicted octanol–water partition coefficient (Wildman–Crippen LogP) is 2.87. The summed E-state index contributed by atoms with van der Waals surface area (Å²) >= 11 is 0. The van der Waals surface area contributed by atoms with Crippen LogP contribution in [0, 0.1) is 0 Å². The summed E-state index contributed by atoms with van der Waals surface area (Å²) < 4.78 is 42.9. The van der Waals surface area contributed by atoms with Crippen molar-refractivity contribution in [2.45, 2.75) is 12.7 Å². The molecule has 0 radical (unpaired) electrons. The van der Waals surface area contributed by atoms with Gasteiger partial charge in [-0.25, -0.2) is 4.98 Å². The van der Waals surface area contributed by atoms with Crippen LogP contribution in [0.25, 0.3) is 0 Å². The molecule has 96 valence electrons. The van der Waals surface area contributed by atoms with Gasteiger partial charge in [0, 0.05) is 18.0 Å². The second kappa shape index (κ2) is 5.12. The van der Waals surface area contributed by atoms with Crippen LogP contribution in [-0.2, 0) is 6.54 Å². The molecule has 0 spiro atoms. The molecule has 1 aromatic heterocycles. The van der Waals surface area contributed by atoms with Gasteiger partial charge in [0.05, 0.1) is 12.9 Å². The van der Waals surface area contributed by atoms with Crippen molar-refractivity contribution in [2.75, 3.05) is 6.61 Å². The molecule has 18 heavy (non-hydrogen) atoms. The summed E-state index contributed by atoms with van der Waals surface area (Å²) in [6.07, 6.45) is 0.613. The Bertz CT molecular complexity index is 494. The number of para-hydroxylation sites is 1. The summed E-state index contributed by atoms with van der Waals surface area (Å²) in [5, 5.41) is 0. The minimum atomic E-state index is -4.33. The lowest BCUT2D eigenvalue weighted by Crippen LogP contribution is -2.19. The highest BCUT2D eigenvalue weighted by Gasteiger charge is 2.28. The summed E-state index contributed by atoms with van der Waals surface area (Å²) in [5.74, 6) is 0.239. The minimum Gasteiger partial charge on any atom is -0.484 e. The van der Waals surface area contributed by atoms with Crippen molar-refractivity contribution in [1.82, 2.24) is 9.55 Å². The molecule has 0 atom stereocenters. The third-order valence-corrected chi connectivity index (χ3v) is 2.28. The van der Waals surface area contributed by atoms with E-state index in [9.17, 15) is 13.2 Å². The zero-order valence-electron chi connectivity index (χ0n) is 9.39. The summed E-state index contributed by atoms with van der Waals surface area (Å²) in [5.41, 5.74) is 0.680. The number of benzene rings is 1. The van der Waals surface area contributed by atoms with Gasteiger partial charge >= 0.3 is 6.18 Å². The Labute approximate surface area is 102 Å². The summed E-state index contributed by atoms with van der Waals surface area (Å²) in [6, 6.07) is 6.65. The van der Waals surface area contributed by atoms with Crippen LogP contribution in [0.2, 0.25) is 0 Å². The van der Waals surface area contributed by atoms with Gasteiger partial charge in [0.15, 0.2) is 6.61 Å². The Morgan fingerprint density at radius 3 is 2.67 bits per heavy atom. The number of halogens is 3. The number of rotatable bonds is 4. The number of hydrogen-bond donors (Lipinski definition) is 0. The third kappa shape index (κ3) is 3.51. The summed E-state index contributed by atoms with van der Waals surface area (Å²) in [6.45, 7) is -0.859. The molecule has 2 aromatic rings. The predicted molar refractivity (Wildman–Crippen MR) is 59.3 cm³/mol.